The summed E-state index contributed by atoms with van der Waals surface area (Å²) in [5, 5.41) is 2.98. The molecule has 0 saturated heterocycles. The Kier molecular flexibility index (Phi) is 4.64. The Labute approximate surface area is 133 Å². The van der Waals surface area contributed by atoms with Crippen molar-refractivity contribution >= 4 is 17.6 Å². The fourth-order valence-electron chi connectivity index (χ4n) is 1.36. The molecule has 0 fully saturated rings. The Bertz CT molecular complexity index is 738. The van der Waals surface area contributed by atoms with Crippen LogP contribution in [0.3, 0.4) is 0 Å². The maximum absolute atomic E-state index is 13.2. The number of hydrogen-bond donors (Lipinski definition) is 0. The zero-order valence-electron chi connectivity index (χ0n) is 11.0. The maximum Gasteiger partial charge on any atom is 0.426 e. The van der Waals surface area contributed by atoms with E-state index in [0.29, 0.717) is 6.33 Å². The molecule has 1 unspecified atom stereocenters. The fourth-order valence-corrected chi connectivity index (χ4v) is 1.58. The third-order valence-electron chi connectivity index (χ3n) is 2.44. The number of esters is 1. The van der Waals surface area contributed by atoms with Crippen LogP contribution >= 0.6 is 11.6 Å². The average Bonchev–Trinajstić information content (AvgIpc) is 3.01. The maximum atomic E-state index is 13.2. The van der Waals surface area contributed by atoms with Crippen LogP contribution in [-0.4, -0.2) is 49.0 Å². The van der Waals surface area contributed by atoms with Gasteiger partial charge in [-0.3, -0.25) is 0 Å². The zero-order chi connectivity index (χ0) is 18.1. The van der Waals surface area contributed by atoms with E-state index in [9.17, 15) is 31.1 Å². The molecule has 0 aliphatic rings. The van der Waals surface area contributed by atoms with E-state index in [1.54, 1.807) is 0 Å². The Morgan fingerprint density at radius 1 is 1.21 bits per heavy atom. The predicted molar refractivity (Wildman–Crippen MR) is 63.5 cm³/mol. The highest BCUT2D eigenvalue weighted by Crippen LogP contribution is 2.36. The molecule has 0 aliphatic carbocycles. The first kappa shape index (κ1) is 17.9. The first-order valence-electron chi connectivity index (χ1n) is 5.71. The average molecular weight is 376 g/mol. The van der Waals surface area contributed by atoms with E-state index in [-0.39, 0.29) is 5.82 Å². The lowest BCUT2D eigenvalue weighted by atomic mass is 10.2. The van der Waals surface area contributed by atoms with Crippen LogP contribution in [0.15, 0.2) is 19.0 Å². The normalized spacial score (nSPS) is 13.6. The van der Waals surface area contributed by atoms with E-state index in [1.807, 2.05) is 0 Å². The monoisotopic (exact) mass is 375 g/mol. The van der Waals surface area contributed by atoms with Crippen molar-refractivity contribution in [2.45, 2.75) is 18.3 Å². The SMILES string of the molecule is O=C(Oc1ncnc(-n2cncn2)c1Cl)C(F)(F)C(F)C(F)(F)F. The van der Waals surface area contributed by atoms with Crippen molar-refractivity contribution in [3.05, 3.63) is 24.0 Å². The lowest BCUT2D eigenvalue weighted by Crippen LogP contribution is -2.49. The summed E-state index contributed by atoms with van der Waals surface area (Å²) in [5.74, 6) is -9.59. The molecule has 0 radical (unpaired) electrons. The second-order valence-electron chi connectivity index (χ2n) is 4.07. The minimum absolute atomic E-state index is 0.261. The van der Waals surface area contributed by atoms with Gasteiger partial charge in [0.1, 0.15) is 24.0 Å². The highest BCUT2D eigenvalue weighted by atomic mass is 35.5. The molecular weight excluding hydrogens is 372 g/mol. The second kappa shape index (κ2) is 6.22. The highest BCUT2D eigenvalue weighted by molar-refractivity contribution is 6.33. The van der Waals surface area contributed by atoms with E-state index in [2.05, 4.69) is 24.8 Å². The van der Waals surface area contributed by atoms with Gasteiger partial charge >= 0.3 is 18.1 Å². The summed E-state index contributed by atoms with van der Waals surface area (Å²) in [6, 6.07) is 0. The van der Waals surface area contributed by atoms with Crippen LogP contribution in [0.4, 0.5) is 26.3 Å². The summed E-state index contributed by atoms with van der Waals surface area (Å²) in [6.45, 7) is 0. The van der Waals surface area contributed by atoms with Crippen molar-refractivity contribution in [1.29, 1.82) is 0 Å². The molecule has 0 amide bonds. The number of carbonyl (C=O) groups is 1. The molecule has 2 heterocycles. The van der Waals surface area contributed by atoms with Crippen LogP contribution in [0.1, 0.15) is 0 Å². The number of hydrogen-bond acceptors (Lipinski definition) is 6. The summed E-state index contributed by atoms with van der Waals surface area (Å²) in [5.41, 5.74) is 0. The van der Waals surface area contributed by atoms with Gasteiger partial charge in [0.15, 0.2) is 5.82 Å². The van der Waals surface area contributed by atoms with E-state index in [4.69, 9.17) is 11.6 Å². The zero-order valence-corrected chi connectivity index (χ0v) is 11.8. The Hall–Kier alpha value is -2.44. The molecule has 0 aliphatic heterocycles. The molecule has 2 aromatic rings. The lowest BCUT2D eigenvalue weighted by molar-refractivity contribution is -0.246. The molecule has 24 heavy (non-hydrogen) atoms. The minimum Gasteiger partial charge on any atom is -0.401 e. The molecule has 0 spiro atoms. The molecule has 0 bridgehead atoms. The predicted octanol–water partition coefficient (Wildman–Crippen LogP) is 2.15. The highest BCUT2D eigenvalue weighted by Gasteiger charge is 2.62. The second-order valence-corrected chi connectivity index (χ2v) is 4.45. The molecule has 1 atom stereocenters. The van der Waals surface area contributed by atoms with Gasteiger partial charge in [-0.15, -0.1) is 0 Å². The number of aromatic nitrogens is 5. The minimum atomic E-state index is -5.97. The van der Waals surface area contributed by atoms with Crippen LogP contribution in [0, 0.1) is 0 Å². The number of rotatable bonds is 4. The van der Waals surface area contributed by atoms with Gasteiger partial charge < -0.3 is 4.74 Å². The largest absolute Gasteiger partial charge is 0.426 e. The number of alkyl halides is 6. The molecule has 0 N–H and O–H groups in total. The van der Waals surface area contributed by atoms with Crippen LogP contribution in [0.5, 0.6) is 5.88 Å². The summed E-state index contributed by atoms with van der Waals surface area (Å²) in [6.07, 6.45) is -7.86. The van der Waals surface area contributed by atoms with Gasteiger partial charge in [0.25, 0.3) is 6.17 Å². The molecule has 7 nitrogen and oxygen atoms in total. The van der Waals surface area contributed by atoms with Crippen LogP contribution < -0.4 is 4.74 Å². The van der Waals surface area contributed by atoms with Crippen molar-refractivity contribution in [2.75, 3.05) is 0 Å². The quantitative estimate of drug-likeness (QED) is 0.601. The third-order valence-corrected chi connectivity index (χ3v) is 2.77. The van der Waals surface area contributed by atoms with E-state index >= 15 is 0 Å². The van der Waals surface area contributed by atoms with Gasteiger partial charge in [-0.2, -0.15) is 32.0 Å². The molecular formula is C10H4ClF6N5O2. The van der Waals surface area contributed by atoms with Crippen molar-refractivity contribution in [3.8, 4) is 11.7 Å². The van der Waals surface area contributed by atoms with Crippen molar-refractivity contribution in [1.82, 2.24) is 24.7 Å². The fraction of sp³-hybridized carbons (Fsp3) is 0.300. The van der Waals surface area contributed by atoms with E-state index < -0.39 is 35.1 Å². The van der Waals surface area contributed by atoms with E-state index in [0.717, 1.165) is 17.3 Å². The number of halogens is 7. The number of ether oxygens (including phenoxy) is 1. The van der Waals surface area contributed by atoms with Gasteiger partial charge in [-0.1, -0.05) is 11.6 Å². The van der Waals surface area contributed by atoms with Crippen LogP contribution in [0.2, 0.25) is 5.02 Å². The molecule has 0 saturated carbocycles. The standard InChI is InChI=1S/C10H4ClF6N5O2/c11-4-5(22-3-18-1-21-22)19-2-20-6(4)24-8(23)9(13,14)7(12)10(15,16)17/h1-3,7H. The molecule has 2 aromatic heterocycles. The first-order valence-corrected chi connectivity index (χ1v) is 6.09. The molecule has 0 aromatic carbocycles. The van der Waals surface area contributed by atoms with Crippen molar-refractivity contribution in [2.24, 2.45) is 0 Å². The first-order chi connectivity index (χ1) is 11.0. The van der Waals surface area contributed by atoms with Crippen LogP contribution in [-0.2, 0) is 4.79 Å². The number of carbonyl (C=O) groups excluding carboxylic acids is 1. The van der Waals surface area contributed by atoms with Gasteiger partial charge in [-0.05, 0) is 0 Å². The van der Waals surface area contributed by atoms with Crippen molar-refractivity contribution < 1.29 is 35.9 Å². The lowest BCUT2D eigenvalue weighted by Gasteiger charge is -2.20. The summed E-state index contributed by atoms with van der Waals surface area (Å²) in [7, 11) is 0. The summed E-state index contributed by atoms with van der Waals surface area (Å²) in [4.78, 5) is 21.6. The van der Waals surface area contributed by atoms with Gasteiger partial charge in [0, 0.05) is 0 Å². The van der Waals surface area contributed by atoms with E-state index in [1.165, 1.54) is 0 Å². The smallest absolute Gasteiger partial charge is 0.401 e. The topological polar surface area (TPSA) is 82.8 Å². The Morgan fingerprint density at radius 3 is 2.42 bits per heavy atom. The summed E-state index contributed by atoms with van der Waals surface area (Å²) < 4.78 is 80.3. The van der Waals surface area contributed by atoms with Gasteiger partial charge in [0.2, 0.25) is 5.88 Å². The van der Waals surface area contributed by atoms with Crippen LogP contribution in [0.25, 0.3) is 5.82 Å². The number of nitrogens with zero attached hydrogens (tertiary/aromatic N) is 5. The molecule has 2 rings (SSSR count). The van der Waals surface area contributed by atoms with Crippen molar-refractivity contribution in [3.63, 3.8) is 0 Å². The molecule has 130 valence electrons. The van der Waals surface area contributed by atoms with Gasteiger partial charge in [0.05, 0.1) is 0 Å². The Morgan fingerprint density at radius 2 is 1.88 bits per heavy atom. The molecule has 14 heteroatoms. The summed E-state index contributed by atoms with van der Waals surface area (Å²) >= 11 is 5.71. The third kappa shape index (κ3) is 3.39. The Balaban J connectivity index is 2.28. The van der Waals surface area contributed by atoms with Gasteiger partial charge in [-0.25, -0.2) is 23.8 Å².